The number of hydrogen-bond donors (Lipinski definition) is 0. The molecule has 2 rings (SSSR count). The topological polar surface area (TPSA) is 107 Å². The lowest BCUT2D eigenvalue weighted by molar-refractivity contribution is -0.385. The van der Waals surface area contributed by atoms with Crippen molar-refractivity contribution in [2.45, 2.75) is 4.90 Å². The van der Waals surface area contributed by atoms with Crippen LogP contribution < -0.4 is 4.74 Å². The summed E-state index contributed by atoms with van der Waals surface area (Å²) in [5.41, 5.74) is -0.608. The monoisotopic (exact) mass is 368 g/mol. The summed E-state index contributed by atoms with van der Waals surface area (Å²) >= 11 is 0. The highest BCUT2D eigenvalue weighted by Crippen LogP contribution is 2.27. The van der Waals surface area contributed by atoms with Gasteiger partial charge in [0.05, 0.1) is 9.82 Å². The first-order chi connectivity index (χ1) is 11.7. The summed E-state index contributed by atoms with van der Waals surface area (Å²) in [6, 6.07) is 9.77. The number of hydrogen-bond acceptors (Lipinski definition) is 6. The lowest BCUT2D eigenvalue weighted by atomic mass is 10.3. The van der Waals surface area contributed by atoms with Crippen LogP contribution in [0.25, 0.3) is 0 Å². The predicted octanol–water partition coefficient (Wildman–Crippen LogP) is 1.96. The number of ether oxygens (including phenoxy) is 1. The molecular weight excluding hydrogens is 355 g/mol. The zero-order valence-corrected chi connectivity index (χ0v) is 13.8. The van der Waals surface area contributed by atoms with E-state index in [1.165, 1.54) is 24.3 Å². The van der Waals surface area contributed by atoms with E-state index in [0.717, 1.165) is 23.5 Å². The molecule has 0 fully saturated rings. The Balaban J connectivity index is 2.16. The fraction of sp³-hybridized carbons (Fsp3) is 0.133. The maximum Gasteiger partial charge on any atom is 0.326 e. The standard InChI is InChI=1S/C15H13FN2O6S/c1-17(25(22,23)12-5-3-2-4-6-12)10-15(19)24-14-9-11(16)7-8-13(14)18(20)21/h2-9H,10H2,1H3. The van der Waals surface area contributed by atoms with Crippen LogP contribution in [-0.2, 0) is 14.8 Å². The van der Waals surface area contributed by atoms with E-state index in [1.807, 2.05) is 0 Å². The molecule has 0 spiro atoms. The quantitative estimate of drug-likeness (QED) is 0.334. The Morgan fingerprint density at radius 2 is 1.88 bits per heavy atom. The van der Waals surface area contributed by atoms with E-state index in [-0.39, 0.29) is 4.90 Å². The van der Waals surface area contributed by atoms with Crippen molar-refractivity contribution in [3.8, 4) is 5.75 Å². The molecule has 8 nitrogen and oxygen atoms in total. The van der Waals surface area contributed by atoms with Crippen LogP contribution in [0.4, 0.5) is 10.1 Å². The fourth-order valence-corrected chi connectivity index (χ4v) is 3.05. The molecule has 0 bridgehead atoms. The number of nitro groups is 1. The fourth-order valence-electron chi connectivity index (χ4n) is 1.91. The number of likely N-dealkylation sites (N-methyl/N-ethyl adjacent to an activating group) is 1. The molecule has 0 saturated heterocycles. The molecule has 0 radical (unpaired) electrons. The zero-order valence-electron chi connectivity index (χ0n) is 13.0. The number of nitro benzene ring substituents is 1. The third-order valence-electron chi connectivity index (χ3n) is 3.15. The van der Waals surface area contributed by atoms with Gasteiger partial charge in [-0.05, 0) is 18.2 Å². The van der Waals surface area contributed by atoms with Crippen LogP contribution in [0.5, 0.6) is 5.75 Å². The molecule has 0 aliphatic heterocycles. The van der Waals surface area contributed by atoms with Gasteiger partial charge < -0.3 is 4.74 Å². The molecule has 132 valence electrons. The summed E-state index contributed by atoms with van der Waals surface area (Å²) < 4.78 is 43.3. The molecule has 0 unspecified atom stereocenters. The third kappa shape index (κ3) is 4.37. The van der Waals surface area contributed by atoms with Crippen LogP contribution in [0.3, 0.4) is 0 Å². The molecule has 10 heteroatoms. The third-order valence-corrected chi connectivity index (χ3v) is 4.96. The molecule has 0 saturated carbocycles. The van der Waals surface area contributed by atoms with Crippen molar-refractivity contribution in [2.75, 3.05) is 13.6 Å². The van der Waals surface area contributed by atoms with Gasteiger partial charge in [-0.1, -0.05) is 18.2 Å². The van der Waals surface area contributed by atoms with Gasteiger partial charge in [0.15, 0.2) is 0 Å². The first-order valence-electron chi connectivity index (χ1n) is 6.88. The Bertz CT molecular complexity index is 901. The van der Waals surface area contributed by atoms with Crippen LogP contribution >= 0.6 is 0 Å². The second-order valence-electron chi connectivity index (χ2n) is 4.92. The summed E-state index contributed by atoms with van der Waals surface area (Å²) in [4.78, 5) is 21.9. The van der Waals surface area contributed by atoms with Crippen LogP contribution in [0.2, 0.25) is 0 Å². The largest absolute Gasteiger partial charge is 0.418 e. The van der Waals surface area contributed by atoms with Crippen molar-refractivity contribution >= 4 is 21.7 Å². The number of rotatable bonds is 6. The predicted molar refractivity (Wildman–Crippen MR) is 84.9 cm³/mol. The average Bonchev–Trinajstić information content (AvgIpc) is 2.55. The first kappa shape index (κ1) is 18.5. The molecule has 0 amide bonds. The van der Waals surface area contributed by atoms with E-state index in [1.54, 1.807) is 6.07 Å². The van der Waals surface area contributed by atoms with Gasteiger partial charge in [0.2, 0.25) is 15.8 Å². The van der Waals surface area contributed by atoms with E-state index >= 15 is 0 Å². The maximum absolute atomic E-state index is 13.2. The Morgan fingerprint density at radius 3 is 2.48 bits per heavy atom. The highest BCUT2D eigenvalue weighted by atomic mass is 32.2. The Morgan fingerprint density at radius 1 is 1.24 bits per heavy atom. The van der Waals surface area contributed by atoms with Crippen LogP contribution in [0.1, 0.15) is 0 Å². The highest BCUT2D eigenvalue weighted by Gasteiger charge is 2.25. The van der Waals surface area contributed by atoms with E-state index < -0.39 is 44.7 Å². The number of sulfonamides is 1. The van der Waals surface area contributed by atoms with Gasteiger partial charge in [0.25, 0.3) is 0 Å². The van der Waals surface area contributed by atoms with E-state index in [9.17, 15) is 27.7 Å². The Hall–Kier alpha value is -2.85. The van der Waals surface area contributed by atoms with Crippen LogP contribution in [0, 0.1) is 15.9 Å². The number of carbonyl (C=O) groups excluding carboxylic acids is 1. The zero-order chi connectivity index (χ0) is 18.6. The molecule has 0 atom stereocenters. The minimum Gasteiger partial charge on any atom is -0.418 e. The summed E-state index contributed by atoms with van der Waals surface area (Å²) in [5.74, 6) is -2.52. The highest BCUT2D eigenvalue weighted by molar-refractivity contribution is 7.89. The molecular formula is C15H13FN2O6S. The molecule has 0 aliphatic rings. The van der Waals surface area contributed by atoms with Gasteiger partial charge in [-0.25, -0.2) is 12.8 Å². The molecule has 2 aromatic carbocycles. The summed E-state index contributed by atoms with van der Waals surface area (Å²) in [5, 5.41) is 10.9. The van der Waals surface area contributed by atoms with E-state index in [0.29, 0.717) is 6.07 Å². The van der Waals surface area contributed by atoms with Crippen LogP contribution in [-0.4, -0.2) is 37.2 Å². The second kappa shape index (κ2) is 7.36. The van der Waals surface area contributed by atoms with Gasteiger partial charge >= 0.3 is 11.7 Å². The Labute approximate surface area is 142 Å². The van der Waals surface area contributed by atoms with Crippen LogP contribution in [0.15, 0.2) is 53.4 Å². The van der Waals surface area contributed by atoms with Gasteiger partial charge in [-0.2, -0.15) is 4.31 Å². The molecule has 0 heterocycles. The number of esters is 1. The minimum absolute atomic E-state index is 0.0259. The number of nitrogens with zero attached hydrogens (tertiary/aromatic N) is 2. The van der Waals surface area contributed by atoms with Gasteiger partial charge in [-0.3, -0.25) is 14.9 Å². The molecule has 2 aromatic rings. The number of carbonyl (C=O) groups is 1. The van der Waals surface area contributed by atoms with Crippen molar-refractivity contribution in [1.29, 1.82) is 0 Å². The van der Waals surface area contributed by atoms with Crippen molar-refractivity contribution in [2.24, 2.45) is 0 Å². The van der Waals surface area contributed by atoms with Gasteiger partial charge in [0.1, 0.15) is 12.4 Å². The number of halogens is 1. The maximum atomic E-state index is 13.2. The normalized spacial score (nSPS) is 11.3. The van der Waals surface area contributed by atoms with Crippen molar-refractivity contribution < 1.29 is 27.3 Å². The smallest absolute Gasteiger partial charge is 0.326 e. The van der Waals surface area contributed by atoms with E-state index in [2.05, 4.69) is 0 Å². The lowest BCUT2D eigenvalue weighted by Crippen LogP contribution is -2.34. The minimum atomic E-state index is -3.94. The summed E-state index contributed by atoms with van der Waals surface area (Å²) in [7, 11) is -2.78. The van der Waals surface area contributed by atoms with Gasteiger partial charge in [0, 0.05) is 19.2 Å². The molecule has 0 aliphatic carbocycles. The summed E-state index contributed by atoms with van der Waals surface area (Å²) in [6.45, 7) is -0.703. The van der Waals surface area contributed by atoms with Crippen molar-refractivity contribution in [3.63, 3.8) is 0 Å². The molecule has 0 aromatic heterocycles. The van der Waals surface area contributed by atoms with Gasteiger partial charge in [-0.15, -0.1) is 0 Å². The Kier molecular flexibility index (Phi) is 5.45. The second-order valence-corrected chi connectivity index (χ2v) is 6.96. The van der Waals surface area contributed by atoms with Crippen molar-refractivity contribution in [3.05, 3.63) is 64.5 Å². The molecule has 25 heavy (non-hydrogen) atoms. The van der Waals surface area contributed by atoms with Crippen molar-refractivity contribution in [1.82, 2.24) is 4.31 Å². The average molecular weight is 368 g/mol. The lowest BCUT2D eigenvalue weighted by Gasteiger charge is -2.16. The first-order valence-corrected chi connectivity index (χ1v) is 8.32. The van der Waals surface area contributed by atoms with E-state index in [4.69, 9.17) is 4.74 Å². The SMILES string of the molecule is CN(CC(=O)Oc1cc(F)ccc1[N+](=O)[O-])S(=O)(=O)c1ccccc1. The number of benzene rings is 2. The molecule has 0 N–H and O–H groups in total. The summed E-state index contributed by atoms with van der Waals surface area (Å²) in [6.07, 6.45) is 0.